The molecule has 144 valence electrons. The molecule has 0 saturated heterocycles. The van der Waals surface area contributed by atoms with E-state index < -0.39 is 14.9 Å². The second-order valence-electron chi connectivity index (χ2n) is 5.84. The van der Waals surface area contributed by atoms with E-state index in [1.807, 2.05) is 32.0 Å². The molecule has 0 fully saturated rings. The van der Waals surface area contributed by atoms with Gasteiger partial charge in [-0.25, -0.2) is 13.1 Å². The van der Waals surface area contributed by atoms with Crippen LogP contribution in [-0.4, -0.2) is 32.4 Å². The molecule has 2 aromatic rings. The Morgan fingerprint density at radius 3 is 2.59 bits per heavy atom. The van der Waals surface area contributed by atoms with Gasteiger partial charge in [0.15, 0.2) is 5.96 Å². The van der Waals surface area contributed by atoms with E-state index in [9.17, 15) is 18.5 Å². The molecule has 0 unspecified atom stereocenters. The molecular formula is C17H21N5O4S. The van der Waals surface area contributed by atoms with E-state index in [0.717, 1.165) is 22.9 Å². The summed E-state index contributed by atoms with van der Waals surface area (Å²) >= 11 is 0. The summed E-state index contributed by atoms with van der Waals surface area (Å²) in [7, 11) is -3.87. The van der Waals surface area contributed by atoms with E-state index in [-0.39, 0.29) is 29.6 Å². The highest BCUT2D eigenvalue weighted by Crippen LogP contribution is 2.17. The van der Waals surface area contributed by atoms with Crippen molar-refractivity contribution in [2.75, 3.05) is 18.4 Å². The maximum atomic E-state index is 12.2. The zero-order chi connectivity index (χ0) is 20.0. The van der Waals surface area contributed by atoms with E-state index in [1.54, 1.807) is 0 Å². The number of guanidine groups is 1. The van der Waals surface area contributed by atoms with Crippen molar-refractivity contribution in [3.8, 4) is 0 Å². The maximum Gasteiger partial charge on any atom is 0.270 e. The molecule has 0 aromatic heterocycles. The third kappa shape index (κ3) is 5.76. The number of aliphatic imine (C=N–C) groups is 1. The smallest absolute Gasteiger partial charge is 0.270 e. The van der Waals surface area contributed by atoms with Gasteiger partial charge < -0.3 is 11.1 Å². The van der Waals surface area contributed by atoms with Crippen molar-refractivity contribution < 1.29 is 13.3 Å². The number of nitrogens with zero attached hydrogens (tertiary/aromatic N) is 2. The molecular weight excluding hydrogens is 370 g/mol. The third-order valence-electron chi connectivity index (χ3n) is 3.80. The Morgan fingerprint density at radius 1 is 1.19 bits per heavy atom. The first kappa shape index (κ1) is 20.3. The van der Waals surface area contributed by atoms with Crippen LogP contribution in [0.25, 0.3) is 0 Å². The van der Waals surface area contributed by atoms with Gasteiger partial charge in [-0.2, -0.15) is 0 Å². The molecule has 9 nitrogen and oxygen atoms in total. The largest absolute Gasteiger partial charge is 0.370 e. The second kappa shape index (κ2) is 8.60. The number of hydrogen-bond donors (Lipinski definition) is 3. The first-order chi connectivity index (χ1) is 12.7. The van der Waals surface area contributed by atoms with Gasteiger partial charge in [0.2, 0.25) is 10.0 Å². The zero-order valence-electron chi connectivity index (χ0n) is 15.0. The average Bonchev–Trinajstić information content (AvgIpc) is 2.62. The fraction of sp³-hybridized carbons (Fsp3) is 0.235. The predicted octanol–water partition coefficient (Wildman–Crippen LogP) is 1.92. The van der Waals surface area contributed by atoms with E-state index in [0.29, 0.717) is 0 Å². The number of non-ortho nitro benzene ring substituents is 1. The number of anilines is 1. The second-order valence-corrected chi connectivity index (χ2v) is 7.61. The lowest BCUT2D eigenvalue weighted by Crippen LogP contribution is -2.28. The zero-order valence-corrected chi connectivity index (χ0v) is 15.8. The van der Waals surface area contributed by atoms with Crippen molar-refractivity contribution in [3.63, 3.8) is 0 Å². The molecule has 0 bridgehead atoms. The molecule has 2 aromatic carbocycles. The number of aryl methyl sites for hydroxylation is 2. The van der Waals surface area contributed by atoms with E-state index in [1.165, 1.54) is 18.2 Å². The molecule has 10 heteroatoms. The van der Waals surface area contributed by atoms with Crippen LogP contribution in [0, 0.1) is 24.0 Å². The van der Waals surface area contributed by atoms with E-state index >= 15 is 0 Å². The number of benzene rings is 2. The number of rotatable bonds is 7. The highest BCUT2D eigenvalue weighted by molar-refractivity contribution is 7.89. The molecule has 0 spiro atoms. The van der Waals surface area contributed by atoms with Gasteiger partial charge in [0, 0.05) is 24.4 Å². The van der Waals surface area contributed by atoms with Gasteiger partial charge in [0.25, 0.3) is 5.69 Å². The summed E-state index contributed by atoms with van der Waals surface area (Å²) in [5.41, 5.74) is 8.56. The Morgan fingerprint density at radius 2 is 1.93 bits per heavy atom. The highest BCUT2D eigenvalue weighted by atomic mass is 32.2. The van der Waals surface area contributed by atoms with Gasteiger partial charge in [-0.15, -0.1) is 0 Å². The monoisotopic (exact) mass is 391 g/mol. The summed E-state index contributed by atoms with van der Waals surface area (Å²) in [6.07, 6.45) is 0. The lowest BCUT2D eigenvalue weighted by molar-refractivity contribution is -0.385. The summed E-state index contributed by atoms with van der Waals surface area (Å²) in [6.45, 7) is 4.10. The number of nitrogens with two attached hydrogens (primary N) is 1. The Balaban J connectivity index is 1.92. The van der Waals surface area contributed by atoms with Gasteiger partial charge >= 0.3 is 0 Å². The SMILES string of the molecule is Cc1ccc(NC(N)=NCCNS(=O)(=O)c2cccc([N+](=O)[O-])c2)cc1C. The van der Waals surface area contributed by atoms with E-state index in [4.69, 9.17) is 5.73 Å². The van der Waals surface area contributed by atoms with Crippen LogP contribution in [0.2, 0.25) is 0 Å². The Kier molecular flexibility index (Phi) is 6.48. The molecule has 27 heavy (non-hydrogen) atoms. The van der Waals surface area contributed by atoms with Crippen LogP contribution in [0.3, 0.4) is 0 Å². The number of nitrogens with one attached hydrogen (secondary N) is 2. The minimum Gasteiger partial charge on any atom is -0.370 e. The minimum atomic E-state index is -3.87. The van der Waals surface area contributed by atoms with Crippen LogP contribution in [0.1, 0.15) is 11.1 Å². The highest BCUT2D eigenvalue weighted by Gasteiger charge is 2.16. The standard InChI is InChI=1S/C17H21N5O4S/c1-12-6-7-14(10-13(12)2)21-17(18)19-8-9-20-27(25,26)16-5-3-4-15(11-16)22(23)24/h3-7,10-11,20H,8-9H2,1-2H3,(H3,18,19,21). The first-order valence-electron chi connectivity index (χ1n) is 8.07. The maximum absolute atomic E-state index is 12.2. The molecule has 0 aliphatic rings. The third-order valence-corrected chi connectivity index (χ3v) is 5.26. The van der Waals surface area contributed by atoms with Crippen molar-refractivity contribution in [2.24, 2.45) is 10.7 Å². The fourth-order valence-corrected chi connectivity index (χ4v) is 3.27. The van der Waals surface area contributed by atoms with Crippen LogP contribution >= 0.6 is 0 Å². The van der Waals surface area contributed by atoms with Crippen molar-refractivity contribution in [3.05, 3.63) is 63.7 Å². The summed E-state index contributed by atoms with van der Waals surface area (Å²) < 4.78 is 26.7. The topological polar surface area (TPSA) is 140 Å². The van der Waals surface area contributed by atoms with Gasteiger partial charge in [-0.1, -0.05) is 12.1 Å². The fourth-order valence-electron chi connectivity index (χ4n) is 2.21. The predicted molar refractivity (Wildman–Crippen MR) is 104 cm³/mol. The van der Waals surface area contributed by atoms with Crippen molar-refractivity contribution in [2.45, 2.75) is 18.7 Å². The molecule has 0 aliphatic heterocycles. The molecule has 0 heterocycles. The van der Waals surface area contributed by atoms with Gasteiger partial charge in [-0.05, 0) is 43.2 Å². The van der Waals surface area contributed by atoms with Crippen LogP contribution < -0.4 is 15.8 Å². The lowest BCUT2D eigenvalue weighted by Gasteiger charge is -2.08. The number of sulfonamides is 1. The van der Waals surface area contributed by atoms with Gasteiger partial charge in [-0.3, -0.25) is 15.1 Å². The summed E-state index contributed by atoms with van der Waals surface area (Å²) in [6, 6.07) is 10.6. The van der Waals surface area contributed by atoms with Crippen LogP contribution in [-0.2, 0) is 10.0 Å². The number of hydrogen-bond acceptors (Lipinski definition) is 5. The molecule has 2 rings (SSSR count). The average molecular weight is 391 g/mol. The quantitative estimate of drug-likeness (QED) is 0.217. The Hall–Kier alpha value is -2.98. The van der Waals surface area contributed by atoms with Crippen molar-refractivity contribution in [1.29, 1.82) is 0 Å². The Bertz CT molecular complexity index is 973. The molecule has 0 radical (unpaired) electrons. The van der Waals surface area contributed by atoms with Crippen molar-refractivity contribution in [1.82, 2.24) is 4.72 Å². The molecule has 4 N–H and O–H groups in total. The van der Waals surface area contributed by atoms with E-state index in [2.05, 4.69) is 15.0 Å². The molecule has 0 saturated carbocycles. The van der Waals surface area contributed by atoms with Gasteiger partial charge in [0.1, 0.15) is 0 Å². The van der Waals surface area contributed by atoms with Crippen LogP contribution in [0.15, 0.2) is 52.4 Å². The summed E-state index contributed by atoms with van der Waals surface area (Å²) in [4.78, 5) is 14.0. The molecule has 0 aliphatic carbocycles. The summed E-state index contributed by atoms with van der Waals surface area (Å²) in [5, 5.41) is 13.7. The van der Waals surface area contributed by atoms with Crippen LogP contribution in [0.4, 0.5) is 11.4 Å². The molecule has 0 atom stereocenters. The molecule has 0 amide bonds. The summed E-state index contributed by atoms with van der Waals surface area (Å²) in [5.74, 6) is 0.160. The van der Waals surface area contributed by atoms with Gasteiger partial charge in [0.05, 0.1) is 16.4 Å². The Labute approximate surface area is 157 Å². The number of nitro benzene ring substituents is 1. The number of nitro groups is 1. The van der Waals surface area contributed by atoms with Crippen LogP contribution in [0.5, 0.6) is 0 Å². The normalized spacial score (nSPS) is 12.0. The first-order valence-corrected chi connectivity index (χ1v) is 9.55. The minimum absolute atomic E-state index is 0.000328. The van der Waals surface area contributed by atoms with Crippen molar-refractivity contribution >= 4 is 27.4 Å². The lowest BCUT2D eigenvalue weighted by atomic mass is 10.1.